The highest BCUT2D eigenvalue weighted by atomic mass is 35.5. The topological polar surface area (TPSA) is 76.0 Å². The van der Waals surface area contributed by atoms with E-state index in [1.807, 2.05) is 66.1 Å². The third-order valence-electron chi connectivity index (χ3n) is 5.23. The molecule has 0 fully saturated rings. The molecule has 6 nitrogen and oxygen atoms in total. The summed E-state index contributed by atoms with van der Waals surface area (Å²) in [6.07, 6.45) is 0. The van der Waals surface area contributed by atoms with Crippen molar-refractivity contribution >= 4 is 34.4 Å². The lowest BCUT2D eigenvalue weighted by atomic mass is 10.1. The van der Waals surface area contributed by atoms with Crippen LogP contribution in [0.1, 0.15) is 34.7 Å². The van der Waals surface area contributed by atoms with Crippen LogP contribution in [0.3, 0.4) is 0 Å². The van der Waals surface area contributed by atoms with E-state index >= 15 is 0 Å². The van der Waals surface area contributed by atoms with Gasteiger partial charge in [-0.2, -0.15) is 0 Å². The first-order valence-electron chi connectivity index (χ1n) is 10.3. The van der Waals surface area contributed by atoms with E-state index in [9.17, 15) is 9.59 Å². The van der Waals surface area contributed by atoms with E-state index in [1.165, 1.54) is 0 Å². The lowest BCUT2D eigenvalue weighted by Gasteiger charge is -2.16. The van der Waals surface area contributed by atoms with Gasteiger partial charge in [0.1, 0.15) is 12.4 Å². The second-order valence-corrected chi connectivity index (χ2v) is 7.93. The van der Waals surface area contributed by atoms with Gasteiger partial charge in [0, 0.05) is 10.6 Å². The van der Waals surface area contributed by atoms with Gasteiger partial charge in [0.2, 0.25) is 5.91 Å². The van der Waals surface area contributed by atoms with Gasteiger partial charge in [-0.1, -0.05) is 54.1 Å². The molecule has 0 aliphatic rings. The van der Waals surface area contributed by atoms with E-state index in [4.69, 9.17) is 11.6 Å². The summed E-state index contributed by atoms with van der Waals surface area (Å²) in [6, 6.07) is 24.0. The van der Waals surface area contributed by atoms with Crippen LogP contribution in [0.15, 0.2) is 78.9 Å². The summed E-state index contributed by atoms with van der Waals surface area (Å²) in [5.74, 6) is 0.244. The van der Waals surface area contributed by atoms with Crippen molar-refractivity contribution in [2.45, 2.75) is 26.1 Å². The first-order chi connectivity index (χ1) is 15.5. The Bertz CT molecular complexity index is 1240. The molecule has 1 unspecified atom stereocenters. The van der Waals surface area contributed by atoms with Crippen LogP contribution in [0.5, 0.6) is 0 Å². The lowest BCUT2D eigenvalue weighted by molar-refractivity contribution is -0.122. The van der Waals surface area contributed by atoms with Gasteiger partial charge in [-0.05, 0) is 48.9 Å². The summed E-state index contributed by atoms with van der Waals surface area (Å²) in [4.78, 5) is 30.0. The number of halogens is 1. The number of nitrogens with one attached hydrogen (secondary N) is 2. The summed E-state index contributed by atoms with van der Waals surface area (Å²) < 4.78 is 1.84. The summed E-state index contributed by atoms with van der Waals surface area (Å²) in [5, 5.41) is 6.48. The number of nitrogens with zero attached hydrogens (tertiary/aromatic N) is 2. The molecule has 7 heteroatoms. The summed E-state index contributed by atoms with van der Waals surface area (Å²) in [6.45, 7) is 2.24. The molecule has 0 spiro atoms. The molecule has 1 atom stereocenters. The number of hydrogen-bond acceptors (Lipinski definition) is 3. The normalized spacial score (nSPS) is 11.8. The van der Waals surface area contributed by atoms with Crippen LogP contribution in [0.25, 0.3) is 11.0 Å². The minimum Gasteiger partial charge on any atom is -0.348 e. The first-order valence-corrected chi connectivity index (χ1v) is 10.7. The predicted molar refractivity (Wildman–Crippen MR) is 125 cm³/mol. The van der Waals surface area contributed by atoms with Gasteiger partial charge < -0.3 is 15.2 Å². The molecule has 2 amide bonds. The highest BCUT2D eigenvalue weighted by Crippen LogP contribution is 2.17. The minimum absolute atomic E-state index is 0.101. The van der Waals surface area contributed by atoms with Crippen molar-refractivity contribution in [3.8, 4) is 0 Å². The number of fused-ring (bicyclic) bond motifs is 1. The third kappa shape index (κ3) is 4.98. The van der Waals surface area contributed by atoms with Crippen molar-refractivity contribution in [1.82, 2.24) is 20.2 Å². The molecule has 0 aliphatic carbocycles. The molecule has 4 aromatic rings. The van der Waals surface area contributed by atoms with E-state index < -0.39 is 0 Å². The van der Waals surface area contributed by atoms with Crippen LogP contribution in [0.2, 0.25) is 5.02 Å². The third-order valence-corrected chi connectivity index (χ3v) is 5.48. The SMILES string of the molecule is CC(NC(=O)Cn1c(CNC(=O)c2ccc(Cl)cc2)nc2ccccc21)c1ccccc1. The average Bonchev–Trinajstić information content (AvgIpc) is 3.15. The van der Waals surface area contributed by atoms with Crippen LogP contribution in [-0.4, -0.2) is 21.4 Å². The number of imidazole rings is 1. The number of aromatic nitrogens is 2. The Morgan fingerprint density at radius 3 is 2.41 bits per heavy atom. The number of rotatable bonds is 7. The lowest BCUT2D eigenvalue weighted by Crippen LogP contribution is -2.31. The maximum atomic E-state index is 12.8. The number of carbonyl (C=O) groups excluding carboxylic acids is 2. The quantitative estimate of drug-likeness (QED) is 0.439. The molecule has 3 aromatic carbocycles. The molecule has 32 heavy (non-hydrogen) atoms. The van der Waals surface area contributed by atoms with Crippen molar-refractivity contribution in [2.75, 3.05) is 0 Å². The molecule has 1 aromatic heterocycles. The van der Waals surface area contributed by atoms with E-state index in [1.54, 1.807) is 24.3 Å². The molecule has 162 valence electrons. The van der Waals surface area contributed by atoms with Crippen LogP contribution in [-0.2, 0) is 17.9 Å². The van der Waals surface area contributed by atoms with Crippen molar-refractivity contribution in [3.63, 3.8) is 0 Å². The Labute approximate surface area is 191 Å². The van der Waals surface area contributed by atoms with E-state index in [2.05, 4.69) is 15.6 Å². The minimum atomic E-state index is -0.234. The Hall–Kier alpha value is -3.64. The van der Waals surface area contributed by atoms with Gasteiger partial charge in [0.05, 0.1) is 23.6 Å². The van der Waals surface area contributed by atoms with Crippen molar-refractivity contribution in [3.05, 3.63) is 101 Å². The van der Waals surface area contributed by atoms with Crippen LogP contribution in [0.4, 0.5) is 0 Å². The molecule has 0 saturated heterocycles. The fourth-order valence-electron chi connectivity index (χ4n) is 3.56. The van der Waals surface area contributed by atoms with Crippen molar-refractivity contribution in [2.24, 2.45) is 0 Å². The highest BCUT2D eigenvalue weighted by molar-refractivity contribution is 6.30. The molecule has 4 rings (SSSR count). The number of para-hydroxylation sites is 2. The zero-order valence-electron chi connectivity index (χ0n) is 17.6. The fraction of sp³-hybridized carbons (Fsp3) is 0.160. The summed E-state index contributed by atoms with van der Waals surface area (Å²) >= 11 is 5.90. The smallest absolute Gasteiger partial charge is 0.251 e. The van der Waals surface area contributed by atoms with Crippen molar-refractivity contribution in [1.29, 1.82) is 0 Å². The Balaban J connectivity index is 1.50. The molecule has 1 heterocycles. The molecule has 0 bridgehead atoms. The average molecular weight is 447 g/mol. The van der Waals surface area contributed by atoms with Crippen LogP contribution >= 0.6 is 11.6 Å². The van der Waals surface area contributed by atoms with Crippen LogP contribution in [0, 0.1) is 0 Å². The molecular formula is C25H23ClN4O2. The standard InChI is InChI=1S/C25H23ClN4O2/c1-17(18-7-3-2-4-8-18)28-24(31)16-30-22-10-6-5-9-21(22)29-23(30)15-27-25(32)19-11-13-20(26)14-12-19/h2-14,17H,15-16H2,1H3,(H,27,32)(H,28,31). The number of amides is 2. The Kier molecular flexibility index (Phi) is 6.52. The summed E-state index contributed by atoms with van der Waals surface area (Å²) in [5.41, 5.74) is 3.15. The van der Waals surface area contributed by atoms with E-state index in [0.717, 1.165) is 16.6 Å². The predicted octanol–water partition coefficient (Wildman–Crippen LogP) is 4.50. The zero-order valence-corrected chi connectivity index (χ0v) is 18.3. The van der Waals surface area contributed by atoms with Gasteiger partial charge in [0.15, 0.2) is 0 Å². The largest absolute Gasteiger partial charge is 0.348 e. The van der Waals surface area contributed by atoms with E-state index in [-0.39, 0.29) is 30.9 Å². The summed E-state index contributed by atoms with van der Waals surface area (Å²) in [7, 11) is 0. The molecule has 0 aliphatic heterocycles. The van der Waals surface area contributed by atoms with Gasteiger partial charge in [0.25, 0.3) is 5.91 Å². The van der Waals surface area contributed by atoms with Gasteiger partial charge in [-0.15, -0.1) is 0 Å². The Morgan fingerprint density at radius 2 is 1.66 bits per heavy atom. The first kappa shape index (κ1) is 21.6. The fourth-order valence-corrected chi connectivity index (χ4v) is 3.68. The molecule has 2 N–H and O–H groups in total. The molecular weight excluding hydrogens is 424 g/mol. The maximum Gasteiger partial charge on any atom is 0.251 e. The van der Waals surface area contributed by atoms with Gasteiger partial charge in [-0.3, -0.25) is 9.59 Å². The monoisotopic (exact) mass is 446 g/mol. The maximum absolute atomic E-state index is 12.8. The molecule has 0 radical (unpaired) electrons. The number of carbonyl (C=O) groups is 2. The van der Waals surface area contributed by atoms with Crippen LogP contribution < -0.4 is 10.6 Å². The molecule has 0 saturated carbocycles. The second kappa shape index (κ2) is 9.66. The van der Waals surface area contributed by atoms with E-state index in [0.29, 0.717) is 16.4 Å². The number of benzene rings is 3. The van der Waals surface area contributed by atoms with Gasteiger partial charge in [-0.25, -0.2) is 4.98 Å². The Morgan fingerprint density at radius 1 is 0.969 bits per heavy atom. The zero-order chi connectivity index (χ0) is 22.5. The number of hydrogen-bond donors (Lipinski definition) is 2. The van der Waals surface area contributed by atoms with Crippen molar-refractivity contribution < 1.29 is 9.59 Å². The highest BCUT2D eigenvalue weighted by Gasteiger charge is 2.16. The second-order valence-electron chi connectivity index (χ2n) is 7.49. The van der Waals surface area contributed by atoms with Gasteiger partial charge >= 0.3 is 0 Å².